The lowest BCUT2D eigenvalue weighted by atomic mass is 10.2. The maximum Gasteiger partial charge on any atom is 0.239 e. The Balaban J connectivity index is 1.88. The summed E-state index contributed by atoms with van der Waals surface area (Å²) in [5.74, 6) is 0.191. The van der Waals surface area contributed by atoms with Gasteiger partial charge in [0.25, 0.3) is 0 Å². The molecule has 2 N–H and O–H groups in total. The summed E-state index contributed by atoms with van der Waals surface area (Å²) >= 11 is 0. The molecule has 2 aliphatic heterocycles. The van der Waals surface area contributed by atoms with E-state index in [9.17, 15) is 4.79 Å². The van der Waals surface area contributed by atoms with E-state index in [1.54, 1.807) is 0 Å². The van der Waals surface area contributed by atoms with Gasteiger partial charge in [-0.25, -0.2) is 0 Å². The van der Waals surface area contributed by atoms with Crippen molar-refractivity contribution in [2.24, 2.45) is 5.73 Å². The van der Waals surface area contributed by atoms with Gasteiger partial charge in [-0.05, 0) is 6.92 Å². The van der Waals surface area contributed by atoms with E-state index in [4.69, 9.17) is 15.2 Å². The van der Waals surface area contributed by atoms with Gasteiger partial charge >= 0.3 is 0 Å². The van der Waals surface area contributed by atoms with E-state index in [0.29, 0.717) is 39.5 Å². The Bertz CT molecular complexity index is 282. The van der Waals surface area contributed by atoms with Crippen LogP contribution in [0.25, 0.3) is 0 Å². The Morgan fingerprint density at radius 2 is 2.06 bits per heavy atom. The first-order valence-electron chi connectivity index (χ1n) is 6.64. The second-order valence-corrected chi connectivity index (χ2v) is 4.84. The maximum absolute atomic E-state index is 12.3. The number of hydrogen-bond donors (Lipinski definition) is 1. The van der Waals surface area contributed by atoms with Crippen LogP contribution in [0.1, 0.15) is 6.92 Å². The summed E-state index contributed by atoms with van der Waals surface area (Å²) in [4.78, 5) is 16.4. The third kappa shape index (κ3) is 3.20. The largest absolute Gasteiger partial charge is 0.378 e. The van der Waals surface area contributed by atoms with Crippen LogP contribution in [0.15, 0.2) is 0 Å². The van der Waals surface area contributed by atoms with Gasteiger partial charge in [0.2, 0.25) is 5.91 Å². The second kappa shape index (κ2) is 6.47. The fraction of sp³-hybridized carbons (Fsp3) is 0.917. The van der Waals surface area contributed by atoms with Crippen LogP contribution >= 0.6 is 0 Å². The standard InChI is InChI=1S/C12H23N3O3/c1-10(12(16)14-2-5-17-6-3-14)15-4-7-18-11(8-13)9-15/h10-11H,2-9,13H2,1H3. The highest BCUT2D eigenvalue weighted by atomic mass is 16.5. The summed E-state index contributed by atoms with van der Waals surface area (Å²) in [6, 6.07) is -0.0963. The average molecular weight is 257 g/mol. The van der Waals surface area contributed by atoms with Crippen LogP contribution in [0.2, 0.25) is 0 Å². The Morgan fingerprint density at radius 3 is 2.72 bits per heavy atom. The molecular formula is C12H23N3O3. The monoisotopic (exact) mass is 257 g/mol. The summed E-state index contributed by atoms with van der Waals surface area (Å²) in [5, 5.41) is 0. The van der Waals surface area contributed by atoms with Gasteiger partial charge in [0.15, 0.2) is 0 Å². The maximum atomic E-state index is 12.3. The molecule has 0 spiro atoms. The van der Waals surface area contributed by atoms with Crippen molar-refractivity contribution in [2.75, 3.05) is 52.5 Å². The van der Waals surface area contributed by atoms with E-state index >= 15 is 0 Å². The molecule has 0 aromatic carbocycles. The first-order valence-corrected chi connectivity index (χ1v) is 6.64. The van der Waals surface area contributed by atoms with Gasteiger partial charge in [-0.15, -0.1) is 0 Å². The highest BCUT2D eigenvalue weighted by molar-refractivity contribution is 5.81. The number of nitrogens with two attached hydrogens (primary N) is 1. The Labute approximate surface area is 108 Å². The summed E-state index contributed by atoms with van der Waals surface area (Å²) in [6.45, 7) is 7.37. The van der Waals surface area contributed by atoms with Crippen LogP contribution in [0.5, 0.6) is 0 Å². The molecule has 0 aromatic rings. The normalized spacial score (nSPS) is 28.1. The zero-order valence-electron chi connectivity index (χ0n) is 11.0. The summed E-state index contributed by atoms with van der Waals surface area (Å²) in [7, 11) is 0. The van der Waals surface area contributed by atoms with Crippen LogP contribution < -0.4 is 5.73 Å². The van der Waals surface area contributed by atoms with Crippen LogP contribution in [-0.4, -0.2) is 80.4 Å². The SMILES string of the molecule is CC(C(=O)N1CCOCC1)N1CCOC(CN)C1. The van der Waals surface area contributed by atoms with Gasteiger partial charge in [-0.1, -0.05) is 0 Å². The van der Waals surface area contributed by atoms with E-state index in [1.807, 2.05) is 11.8 Å². The quantitative estimate of drug-likeness (QED) is 0.694. The first-order chi connectivity index (χ1) is 8.72. The minimum atomic E-state index is -0.0963. The lowest BCUT2D eigenvalue weighted by Gasteiger charge is -2.38. The predicted molar refractivity (Wildman–Crippen MR) is 67.2 cm³/mol. The van der Waals surface area contributed by atoms with E-state index in [0.717, 1.165) is 13.1 Å². The molecule has 2 unspecified atom stereocenters. The van der Waals surface area contributed by atoms with Crippen LogP contribution in [0, 0.1) is 0 Å². The Hall–Kier alpha value is -0.690. The number of hydrogen-bond acceptors (Lipinski definition) is 5. The van der Waals surface area contributed by atoms with Gasteiger partial charge in [0.05, 0.1) is 32.0 Å². The minimum Gasteiger partial charge on any atom is -0.378 e. The lowest BCUT2D eigenvalue weighted by molar-refractivity contribution is -0.143. The molecule has 0 radical (unpaired) electrons. The molecule has 18 heavy (non-hydrogen) atoms. The zero-order valence-corrected chi connectivity index (χ0v) is 11.0. The molecule has 0 aromatic heterocycles. The molecule has 6 heteroatoms. The van der Waals surface area contributed by atoms with Crippen molar-refractivity contribution >= 4 is 5.91 Å². The summed E-state index contributed by atoms with van der Waals surface area (Å²) in [5.41, 5.74) is 5.62. The van der Waals surface area contributed by atoms with Crippen LogP contribution in [0.3, 0.4) is 0 Å². The summed E-state index contributed by atoms with van der Waals surface area (Å²) in [6.07, 6.45) is 0.0543. The van der Waals surface area contributed by atoms with Crippen LogP contribution in [-0.2, 0) is 14.3 Å². The van der Waals surface area contributed by atoms with Crippen LogP contribution in [0.4, 0.5) is 0 Å². The zero-order chi connectivity index (χ0) is 13.0. The van der Waals surface area contributed by atoms with Crippen molar-refractivity contribution in [1.82, 2.24) is 9.80 Å². The number of morpholine rings is 2. The number of amides is 1. The second-order valence-electron chi connectivity index (χ2n) is 4.84. The molecule has 2 atom stereocenters. The summed E-state index contributed by atoms with van der Waals surface area (Å²) < 4.78 is 10.8. The van der Waals surface area contributed by atoms with E-state index in [2.05, 4.69) is 4.90 Å². The Morgan fingerprint density at radius 1 is 1.33 bits per heavy atom. The number of ether oxygens (including phenoxy) is 2. The smallest absolute Gasteiger partial charge is 0.239 e. The van der Waals surface area contributed by atoms with Gasteiger partial charge < -0.3 is 20.1 Å². The van der Waals surface area contributed by atoms with E-state index in [1.165, 1.54) is 0 Å². The topological polar surface area (TPSA) is 68.0 Å². The van der Waals surface area contributed by atoms with E-state index in [-0.39, 0.29) is 18.1 Å². The Kier molecular flexibility index (Phi) is 4.94. The minimum absolute atomic E-state index is 0.0543. The fourth-order valence-electron chi connectivity index (χ4n) is 2.44. The number of rotatable bonds is 3. The molecule has 2 heterocycles. The molecule has 6 nitrogen and oxygen atoms in total. The molecule has 2 aliphatic rings. The molecule has 2 saturated heterocycles. The number of carbonyl (C=O) groups is 1. The van der Waals surface area contributed by atoms with Crippen molar-refractivity contribution in [3.05, 3.63) is 0 Å². The highest BCUT2D eigenvalue weighted by Crippen LogP contribution is 2.11. The molecule has 2 rings (SSSR count). The lowest BCUT2D eigenvalue weighted by Crippen LogP contribution is -2.55. The molecule has 0 bridgehead atoms. The molecule has 1 amide bonds. The number of carbonyl (C=O) groups excluding carboxylic acids is 1. The molecular weight excluding hydrogens is 234 g/mol. The average Bonchev–Trinajstić information content (AvgIpc) is 2.46. The van der Waals surface area contributed by atoms with Crippen molar-refractivity contribution in [3.63, 3.8) is 0 Å². The molecule has 104 valence electrons. The van der Waals surface area contributed by atoms with Gasteiger partial charge in [0, 0.05) is 32.7 Å². The van der Waals surface area contributed by atoms with Crippen molar-refractivity contribution in [2.45, 2.75) is 19.1 Å². The van der Waals surface area contributed by atoms with Gasteiger partial charge in [0.1, 0.15) is 0 Å². The van der Waals surface area contributed by atoms with Gasteiger partial charge in [-0.2, -0.15) is 0 Å². The predicted octanol–water partition coefficient (Wildman–Crippen LogP) is -1.11. The molecule has 0 aliphatic carbocycles. The van der Waals surface area contributed by atoms with E-state index < -0.39 is 0 Å². The van der Waals surface area contributed by atoms with Crippen molar-refractivity contribution in [1.29, 1.82) is 0 Å². The van der Waals surface area contributed by atoms with Gasteiger partial charge in [-0.3, -0.25) is 9.69 Å². The third-order valence-corrected chi connectivity index (χ3v) is 3.66. The highest BCUT2D eigenvalue weighted by Gasteiger charge is 2.30. The third-order valence-electron chi connectivity index (χ3n) is 3.66. The molecule has 2 fully saturated rings. The van der Waals surface area contributed by atoms with Crippen molar-refractivity contribution in [3.8, 4) is 0 Å². The molecule has 0 saturated carbocycles. The number of nitrogens with zero attached hydrogens (tertiary/aromatic N) is 2. The van der Waals surface area contributed by atoms with Crippen molar-refractivity contribution < 1.29 is 14.3 Å². The fourth-order valence-corrected chi connectivity index (χ4v) is 2.44. The first kappa shape index (κ1) is 13.7.